The standard InChI is InChI=1S/C12H13BrFN/c1-3-11(4-2)15-8-9-7-10(14)5-6-12(9)13/h1,5-7,11,15H,4,8H2,2H3. The predicted molar refractivity (Wildman–Crippen MR) is 63.9 cm³/mol. The lowest BCUT2D eigenvalue weighted by Gasteiger charge is -2.11. The van der Waals surface area contributed by atoms with E-state index in [1.54, 1.807) is 6.07 Å². The van der Waals surface area contributed by atoms with Gasteiger partial charge in [0.05, 0.1) is 6.04 Å². The zero-order chi connectivity index (χ0) is 11.3. The summed E-state index contributed by atoms with van der Waals surface area (Å²) in [4.78, 5) is 0. The Morgan fingerprint density at radius 3 is 2.93 bits per heavy atom. The predicted octanol–water partition coefficient (Wildman–Crippen LogP) is 3.09. The molecule has 0 saturated heterocycles. The van der Waals surface area contributed by atoms with Gasteiger partial charge in [-0.15, -0.1) is 6.42 Å². The summed E-state index contributed by atoms with van der Waals surface area (Å²) in [5, 5.41) is 3.17. The molecule has 0 bridgehead atoms. The molecule has 1 aromatic rings. The lowest BCUT2D eigenvalue weighted by Crippen LogP contribution is -2.26. The number of terminal acetylenes is 1. The Morgan fingerprint density at radius 2 is 2.33 bits per heavy atom. The van der Waals surface area contributed by atoms with Crippen LogP contribution in [0.2, 0.25) is 0 Å². The molecule has 1 N–H and O–H groups in total. The summed E-state index contributed by atoms with van der Waals surface area (Å²) in [6, 6.07) is 4.66. The SMILES string of the molecule is C#CC(CC)NCc1cc(F)ccc1Br. The minimum atomic E-state index is -0.233. The number of hydrogen-bond acceptors (Lipinski definition) is 1. The number of nitrogens with one attached hydrogen (secondary N) is 1. The largest absolute Gasteiger partial charge is 0.300 e. The molecule has 0 saturated carbocycles. The molecule has 0 aliphatic carbocycles. The van der Waals surface area contributed by atoms with E-state index in [9.17, 15) is 4.39 Å². The van der Waals surface area contributed by atoms with Crippen LogP contribution in [0.3, 0.4) is 0 Å². The van der Waals surface area contributed by atoms with E-state index >= 15 is 0 Å². The fourth-order valence-electron chi connectivity index (χ4n) is 1.23. The van der Waals surface area contributed by atoms with Gasteiger partial charge in [0.15, 0.2) is 0 Å². The van der Waals surface area contributed by atoms with Crippen LogP contribution in [0.15, 0.2) is 22.7 Å². The van der Waals surface area contributed by atoms with Crippen molar-refractivity contribution in [2.24, 2.45) is 0 Å². The van der Waals surface area contributed by atoms with E-state index in [1.807, 2.05) is 6.92 Å². The maximum atomic E-state index is 12.9. The Balaban J connectivity index is 2.65. The van der Waals surface area contributed by atoms with Crippen molar-refractivity contribution in [2.45, 2.75) is 25.9 Å². The molecule has 1 unspecified atom stereocenters. The van der Waals surface area contributed by atoms with Gasteiger partial charge in [0.1, 0.15) is 5.82 Å². The third kappa shape index (κ3) is 3.65. The number of benzene rings is 1. The minimum absolute atomic E-state index is 0.0418. The Morgan fingerprint density at radius 1 is 1.60 bits per heavy atom. The van der Waals surface area contributed by atoms with Crippen molar-refractivity contribution < 1.29 is 4.39 Å². The monoisotopic (exact) mass is 269 g/mol. The van der Waals surface area contributed by atoms with Crippen LogP contribution < -0.4 is 5.32 Å². The fourth-order valence-corrected chi connectivity index (χ4v) is 1.62. The van der Waals surface area contributed by atoms with Gasteiger partial charge in [0.2, 0.25) is 0 Å². The van der Waals surface area contributed by atoms with Gasteiger partial charge < -0.3 is 0 Å². The Hall–Kier alpha value is -0.850. The van der Waals surface area contributed by atoms with Crippen LogP contribution in [0.4, 0.5) is 4.39 Å². The van der Waals surface area contributed by atoms with E-state index in [0.29, 0.717) is 6.54 Å². The number of halogens is 2. The summed E-state index contributed by atoms with van der Waals surface area (Å²) in [5.41, 5.74) is 0.878. The Bertz CT molecular complexity index is 370. The van der Waals surface area contributed by atoms with Crippen LogP contribution in [-0.4, -0.2) is 6.04 Å². The smallest absolute Gasteiger partial charge is 0.123 e. The van der Waals surface area contributed by atoms with Gasteiger partial charge in [-0.1, -0.05) is 28.8 Å². The molecule has 0 amide bonds. The molecule has 0 aliphatic heterocycles. The molecular formula is C12H13BrFN. The fraction of sp³-hybridized carbons (Fsp3) is 0.333. The van der Waals surface area contributed by atoms with Gasteiger partial charge in [-0.25, -0.2) is 4.39 Å². The van der Waals surface area contributed by atoms with Gasteiger partial charge in [-0.2, -0.15) is 0 Å². The molecule has 1 rings (SSSR count). The van der Waals surface area contributed by atoms with Crippen molar-refractivity contribution in [3.63, 3.8) is 0 Å². The molecule has 3 heteroatoms. The molecule has 80 valence electrons. The molecule has 15 heavy (non-hydrogen) atoms. The highest BCUT2D eigenvalue weighted by molar-refractivity contribution is 9.10. The first kappa shape index (κ1) is 12.2. The number of hydrogen-bond donors (Lipinski definition) is 1. The van der Waals surface area contributed by atoms with Crippen molar-refractivity contribution >= 4 is 15.9 Å². The van der Waals surface area contributed by atoms with E-state index in [4.69, 9.17) is 6.42 Å². The average Bonchev–Trinajstić information content (AvgIpc) is 2.24. The number of rotatable bonds is 4. The van der Waals surface area contributed by atoms with Crippen molar-refractivity contribution in [3.05, 3.63) is 34.1 Å². The van der Waals surface area contributed by atoms with Crippen molar-refractivity contribution in [1.82, 2.24) is 5.32 Å². The van der Waals surface area contributed by atoms with Crippen molar-refractivity contribution in [1.29, 1.82) is 0 Å². The molecule has 1 nitrogen and oxygen atoms in total. The van der Waals surface area contributed by atoms with Gasteiger partial charge in [-0.05, 0) is 30.2 Å². The molecule has 0 spiro atoms. The zero-order valence-corrected chi connectivity index (χ0v) is 10.1. The second-order valence-corrected chi connectivity index (χ2v) is 4.10. The summed E-state index contributed by atoms with van der Waals surface area (Å²) < 4.78 is 13.8. The van der Waals surface area contributed by atoms with Crippen LogP contribution in [0, 0.1) is 18.2 Å². The third-order valence-corrected chi connectivity index (χ3v) is 2.93. The molecule has 0 aliphatic rings. The van der Waals surface area contributed by atoms with E-state index in [0.717, 1.165) is 16.5 Å². The summed E-state index contributed by atoms with van der Waals surface area (Å²) in [7, 11) is 0. The normalized spacial score (nSPS) is 12.1. The molecule has 0 heterocycles. The van der Waals surface area contributed by atoms with Gasteiger partial charge in [-0.3, -0.25) is 5.32 Å². The Labute approximate surface area is 98.2 Å². The lowest BCUT2D eigenvalue weighted by molar-refractivity contribution is 0.584. The van der Waals surface area contributed by atoms with Crippen LogP contribution in [0.25, 0.3) is 0 Å². The Kier molecular flexibility index (Phi) is 4.80. The highest BCUT2D eigenvalue weighted by Crippen LogP contribution is 2.17. The van der Waals surface area contributed by atoms with E-state index in [1.165, 1.54) is 12.1 Å². The summed E-state index contributed by atoms with van der Waals surface area (Å²) in [6.45, 7) is 2.58. The van der Waals surface area contributed by atoms with E-state index in [-0.39, 0.29) is 11.9 Å². The first-order valence-electron chi connectivity index (χ1n) is 4.80. The van der Waals surface area contributed by atoms with E-state index < -0.39 is 0 Å². The first-order chi connectivity index (χ1) is 7.17. The molecule has 0 radical (unpaired) electrons. The highest BCUT2D eigenvalue weighted by atomic mass is 79.9. The molecule has 0 fully saturated rings. The van der Waals surface area contributed by atoms with Crippen LogP contribution in [0.5, 0.6) is 0 Å². The second kappa shape index (κ2) is 5.89. The van der Waals surface area contributed by atoms with Crippen molar-refractivity contribution in [3.8, 4) is 12.3 Å². The minimum Gasteiger partial charge on any atom is -0.300 e. The van der Waals surface area contributed by atoms with Crippen LogP contribution in [0.1, 0.15) is 18.9 Å². The second-order valence-electron chi connectivity index (χ2n) is 3.24. The summed E-state index contributed by atoms with van der Waals surface area (Å²) in [5.74, 6) is 2.40. The molecule has 1 atom stereocenters. The molecular weight excluding hydrogens is 257 g/mol. The highest BCUT2D eigenvalue weighted by Gasteiger charge is 2.04. The van der Waals surface area contributed by atoms with Gasteiger partial charge >= 0.3 is 0 Å². The van der Waals surface area contributed by atoms with Crippen LogP contribution >= 0.6 is 15.9 Å². The quantitative estimate of drug-likeness (QED) is 0.829. The third-order valence-electron chi connectivity index (χ3n) is 2.16. The summed E-state index contributed by atoms with van der Waals surface area (Å²) >= 11 is 3.37. The van der Waals surface area contributed by atoms with Crippen molar-refractivity contribution in [2.75, 3.05) is 0 Å². The van der Waals surface area contributed by atoms with Gasteiger partial charge in [0.25, 0.3) is 0 Å². The maximum absolute atomic E-state index is 12.9. The van der Waals surface area contributed by atoms with E-state index in [2.05, 4.69) is 27.2 Å². The first-order valence-corrected chi connectivity index (χ1v) is 5.60. The molecule has 0 aromatic heterocycles. The molecule has 1 aromatic carbocycles. The van der Waals surface area contributed by atoms with Gasteiger partial charge in [0, 0.05) is 11.0 Å². The maximum Gasteiger partial charge on any atom is 0.123 e. The summed E-state index contributed by atoms with van der Waals surface area (Å²) in [6.07, 6.45) is 6.18. The topological polar surface area (TPSA) is 12.0 Å². The average molecular weight is 270 g/mol. The van der Waals surface area contributed by atoms with Crippen LogP contribution in [-0.2, 0) is 6.54 Å². The lowest BCUT2D eigenvalue weighted by atomic mass is 10.2. The zero-order valence-electron chi connectivity index (χ0n) is 8.56.